The molecule has 0 aromatic heterocycles. The quantitative estimate of drug-likeness (QED) is 0.545. The van der Waals surface area contributed by atoms with Crippen LogP contribution in [-0.2, 0) is 4.74 Å². The maximum absolute atomic E-state index is 15.1. The smallest absolute Gasteiger partial charge is 0.398 e. The fourth-order valence-electron chi connectivity index (χ4n) is 4.54. The molecule has 1 amide bonds. The van der Waals surface area contributed by atoms with Crippen LogP contribution >= 0.6 is 0 Å². The van der Waals surface area contributed by atoms with Gasteiger partial charge in [-0.3, -0.25) is 4.79 Å². The molecule has 2 aliphatic rings. The highest BCUT2D eigenvalue weighted by Crippen LogP contribution is 2.36. The van der Waals surface area contributed by atoms with Crippen molar-refractivity contribution in [3.05, 3.63) is 58.8 Å². The SMILES string of the molecule is COC1CCN(C(=O)c2ccc(C3C(N)=C(N(CC(F)F)C(C)C(F)(F)F)C=CN3C)cc2F)CC1. The van der Waals surface area contributed by atoms with E-state index < -0.39 is 43.0 Å². The van der Waals surface area contributed by atoms with Crippen LogP contribution in [0.5, 0.6) is 0 Å². The number of hydrogen-bond donors (Lipinski definition) is 1. The number of likely N-dealkylation sites (N-methyl/N-ethyl adjacent to an activating group) is 1. The van der Waals surface area contributed by atoms with Gasteiger partial charge in [-0.1, -0.05) is 6.07 Å². The Hall–Kier alpha value is -2.89. The summed E-state index contributed by atoms with van der Waals surface area (Å²) in [6, 6.07) is 0.719. The molecule has 1 aromatic carbocycles. The van der Waals surface area contributed by atoms with Crippen molar-refractivity contribution < 1.29 is 35.9 Å². The van der Waals surface area contributed by atoms with Crippen LogP contribution in [0.1, 0.15) is 41.7 Å². The van der Waals surface area contributed by atoms with Crippen LogP contribution in [0.15, 0.2) is 41.9 Å². The molecular formula is C24H30F6N4O2. The third-order valence-corrected chi connectivity index (χ3v) is 6.65. The average Bonchev–Trinajstić information content (AvgIpc) is 2.81. The van der Waals surface area contributed by atoms with Crippen molar-refractivity contribution in [3.8, 4) is 0 Å². The van der Waals surface area contributed by atoms with Crippen LogP contribution in [0.2, 0.25) is 0 Å². The van der Waals surface area contributed by atoms with E-state index in [0.29, 0.717) is 30.8 Å². The molecule has 0 bridgehead atoms. The number of likely N-dealkylation sites (tertiary alicyclic amines) is 1. The van der Waals surface area contributed by atoms with Crippen LogP contribution < -0.4 is 5.73 Å². The summed E-state index contributed by atoms with van der Waals surface area (Å²) in [6.45, 7) is 0.439. The molecule has 200 valence electrons. The van der Waals surface area contributed by atoms with E-state index in [1.165, 1.54) is 34.2 Å². The minimum absolute atomic E-state index is 0.0461. The van der Waals surface area contributed by atoms with Crippen LogP contribution in [-0.4, -0.2) is 79.1 Å². The fraction of sp³-hybridized carbons (Fsp3) is 0.542. The van der Waals surface area contributed by atoms with E-state index in [2.05, 4.69) is 0 Å². The highest BCUT2D eigenvalue weighted by atomic mass is 19.4. The van der Waals surface area contributed by atoms with Gasteiger partial charge >= 0.3 is 6.18 Å². The van der Waals surface area contributed by atoms with Gasteiger partial charge in [0, 0.05) is 33.4 Å². The largest absolute Gasteiger partial charge is 0.408 e. The Morgan fingerprint density at radius 2 is 1.89 bits per heavy atom. The molecule has 36 heavy (non-hydrogen) atoms. The molecule has 2 N–H and O–H groups in total. The molecule has 2 aliphatic heterocycles. The molecule has 0 aliphatic carbocycles. The van der Waals surface area contributed by atoms with Crippen molar-refractivity contribution >= 4 is 5.91 Å². The first-order valence-electron chi connectivity index (χ1n) is 11.5. The predicted molar refractivity (Wildman–Crippen MR) is 121 cm³/mol. The number of ether oxygens (including phenoxy) is 1. The first-order chi connectivity index (χ1) is 16.8. The summed E-state index contributed by atoms with van der Waals surface area (Å²) in [5, 5.41) is 0. The Kier molecular flexibility index (Phi) is 8.48. The van der Waals surface area contributed by atoms with Gasteiger partial charge in [-0.05, 0) is 43.5 Å². The Bertz CT molecular complexity index is 1000. The molecule has 2 heterocycles. The van der Waals surface area contributed by atoms with E-state index in [9.17, 15) is 26.7 Å². The highest BCUT2D eigenvalue weighted by molar-refractivity contribution is 5.94. The van der Waals surface area contributed by atoms with Crippen molar-refractivity contribution in [1.29, 1.82) is 0 Å². The van der Waals surface area contributed by atoms with Crippen molar-refractivity contribution in [1.82, 2.24) is 14.7 Å². The number of amides is 1. The van der Waals surface area contributed by atoms with Gasteiger partial charge in [0.05, 0.1) is 35.6 Å². The maximum Gasteiger partial charge on any atom is 0.408 e. The average molecular weight is 521 g/mol. The number of hydrogen-bond acceptors (Lipinski definition) is 5. The number of allylic oxidation sites excluding steroid dienone is 1. The Morgan fingerprint density at radius 3 is 2.42 bits per heavy atom. The summed E-state index contributed by atoms with van der Waals surface area (Å²) in [4.78, 5) is 16.4. The zero-order valence-corrected chi connectivity index (χ0v) is 20.2. The number of carbonyl (C=O) groups is 1. The van der Waals surface area contributed by atoms with Crippen LogP contribution in [0, 0.1) is 5.82 Å². The topological polar surface area (TPSA) is 62.0 Å². The van der Waals surface area contributed by atoms with Gasteiger partial charge in [0.1, 0.15) is 11.9 Å². The van der Waals surface area contributed by atoms with E-state index in [0.717, 1.165) is 13.0 Å². The highest BCUT2D eigenvalue weighted by Gasteiger charge is 2.43. The van der Waals surface area contributed by atoms with Crippen molar-refractivity contribution in [3.63, 3.8) is 0 Å². The zero-order chi connectivity index (χ0) is 26.8. The van der Waals surface area contributed by atoms with E-state index in [1.54, 1.807) is 14.2 Å². The summed E-state index contributed by atoms with van der Waals surface area (Å²) in [7, 11) is 3.17. The predicted octanol–water partition coefficient (Wildman–Crippen LogP) is 4.27. The number of benzene rings is 1. The van der Waals surface area contributed by atoms with E-state index >= 15 is 4.39 Å². The van der Waals surface area contributed by atoms with E-state index in [-0.39, 0.29) is 28.6 Å². The molecule has 1 saturated heterocycles. The first kappa shape index (κ1) is 27.7. The molecule has 0 saturated carbocycles. The zero-order valence-electron chi connectivity index (χ0n) is 20.2. The molecule has 6 nitrogen and oxygen atoms in total. The number of halogens is 6. The van der Waals surface area contributed by atoms with Crippen molar-refractivity contribution in [2.75, 3.05) is 33.8 Å². The summed E-state index contributed by atoms with van der Waals surface area (Å²) in [5.74, 6) is -1.28. The number of methoxy groups -OCH3 is 1. The molecule has 0 radical (unpaired) electrons. The van der Waals surface area contributed by atoms with Crippen LogP contribution in [0.3, 0.4) is 0 Å². The Balaban J connectivity index is 1.91. The lowest BCUT2D eigenvalue weighted by molar-refractivity contribution is -0.176. The number of nitrogens with zero attached hydrogens (tertiary/aromatic N) is 3. The van der Waals surface area contributed by atoms with Crippen molar-refractivity contribution in [2.45, 2.75) is 50.6 Å². The van der Waals surface area contributed by atoms with Crippen molar-refractivity contribution in [2.24, 2.45) is 5.73 Å². The normalized spacial score (nSPS) is 20.3. The second-order valence-corrected chi connectivity index (χ2v) is 8.95. The van der Waals surface area contributed by atoms with Gasteiger partial charge in [0.2, 0.25) is 0 Å². The van der Waals surface area contributed by atoms with E-state index in [1.807, 2.05) is 0 Å². The second-order valence-electron chi connectivity index (χ2n) is 8.95. The Labute approximate surface area is 205 Å². The van der Waals surface area contributed by atoms with Gasteiger partial charge in [-0.2, -0.15) is 13.2 Å². The monoisotopic (exact) mass is 520 g/mol. The van der Waals surface area contributed by atoms with E-state index in [4.69, 9.17) is 10.5 Å². The lowest BCUT2D eigenvalue weighted by Crippen LogP contribution is -2.47. The van der Waals surface area contributed by atoms with Gasteiger partial charge in [0.25, 0.3) is 12.3 Å². The van der Waals surface area contributed by atoms with Gasteiger partial charge in [-0.15, -0.1) is 0 Å². The number of rotatable bonds is 7. The first-order valence-corrected chi connectivity index (χ1v) is 11.5. The maximum atomic E-state index is 15.1. The number of alkyl halides is 5. The summed E-state index contributed by atoms with van der Waals surface area (Å²) < 4.78 is 87.0. The van der Waals surface area contributed by atoms with Crippen LogP contribution in [0.4, 0.5) is 26.3 Å². The Morgan fingerprint density at radius 1 is 1.25 bits per heavy atom. The second kappa shape index (κ2) is 11.0. The number of piperidine rings is 1. The standard InChI is InChI=1S/C24H30F6N4O2/c1-14(24(28,29)30)34(13-20(26)27)19-8-9-32(2)22(21(19)31)15-4-5-17(18(25)12-15)23(35)33-10-6-16(36-3)7-11-33/h4-5,8-9,12,14,16,20,22H,6-7,10-11,13,31H2,1-3H3. The van der Waals surface area contributed by atoms with Gasteiger partial charge in [-0.25, -0.2) is 13.2 Å². The minimum Gasteiger partial charge on any atom is -0.398 e. The fourth-order valence-corrected chi connectivity index (χ4v) is 4.54. The number of nitrogens with two attached hydrogens (primary N) is 1. The summed E-state index contributed by atoms with van der Waals surface area (Å²) in [6.07, 6.45) is -3.87. The molecule has 1 aromatic rings. The number of carbonyl (C=O) groups excluding carboxylic acids is 1. The summed E-state index contributed by atoms with van der Waals surface area (Å²) in [5.41, 5.74) is 5.98. The van der Waals surface area contributed by atoms with Crippen LogP contribution in [0.25, 0.3) is 0 Å². The molecule has 3 rings (SSSR count). The molecule has 2 unspecified atom stereocenters. The molecular weight excluding hydrogens is 490 g/mol. The lowest BCUT2D eigenvalue weighted by Gasteiger charge is -2.39. The minimum atomic E-state index is -4.78. The molecule has 1 fully saturated rings. The lowest BCUT2D eigenvalue weighted by atomic mass is 9.96. The van der Waals surface area contributed by atoms with Gasteiger partial charge in [0.15, 0.2) is 0 Å². The van der Waals surface area contributed by atoms with Gasteiger partial charge < -0.3 is 25.2 Å². The molecule has 2 atom stereocenters. The summed E-state index contributed by atoms with van der Waals surface area (Å²) >= 11 is 0. The third kappa shape index (κ3) is 5.91. The molecule has 12 heteroatoms. The molecule has 0 spiro atoms. The third-order valence-electron chi connectivity index (χ3n) is 6.65.